The van der Waals surface area contributed by atoms with Crippen LogP contribution in [0.5, 0.6) is 11.5 Å². The first-order valence-corrected chi connectivity index (χ1v) is 10.6. The average molecular weight is 451 g/mol. The Balaban J connectivity index is 1.43. The number of carbonyl (C=O) groups excluding carboxylic acids is 1. The van der Waals surface area contributed by atoms with Gasteiger partial charge in [0.1, 0.15) is 0 Å². The van der Waals surface area contributed by atoms with E-state index in [-0.39, 0.29) is 0 Å². The minimum Gasteiger partial charge on any atom is -0.493 e. The van der Waals surface area contributed by atoms with E-state index in [1.54, 1.807) is 42.6 Å². The summed E-state index contributed by atoms with van der Waals surface area (Å²) in [4.78, 5) is 19.2. The van der Waals surface area contributed by atoms with Crippen LogP contribution in [0.2, 0.25) is 5.02 Å². The van der Waals surface area contributed by atoms with Gasteiger partial charge < -0.3 is 19.1 Å². The smallest absolute Gasteiger partial charge is 0.343 e. The van der Waals surface area contributed by atoms with Crippen molar-refractivity contribution >= 4 is 35.2 Å². The Bertz CT molecular complexity index is 1090. The lowest BCUT2D eigenvalue weighted by Gasteiger charge is -2.28. The summed E-state index contributed by atoms with van der Waals surface area (Å²) in [7, 11) is 1.53. The molecule has 0 aromatic heterocycles. The van der Waals surface area contributed by atoms with E-state index in [2.05, 4.69) is 22.0 Å². The van der Waals surface area contributed by atoms with Gasteiger partial charge in [0.2, 0.25) is 0 Å². The van der Waals surface area contributed by atoms with E-state index in [0.717, 1.165) is 37.6 Å². The summed E-state index contributed by atoms with van der Waals surface area (Å²) in [5, 5.41) is 0.554. The van der Waals surface area contributed by atoms with Crippen LogP contribution in [0.25, 0.3) is 0 Å². The van der Waals surface area contributed by atoms with Crippen molar-refractivity contribution in [3.05, 3.63) is 82.9 Å². The molecule has 0 unspecified atom stereocenters. The van der Waals surface area contributed by atoms with Gasteiger partial charge in [-0.25, -0.2) is 4.79 Å². The predicted molar refractivity (Wildman–Crippen MR) is 126 cm³/mol. The molecule has 7 heteroatoms. The topological polar surface area (TPSA) is 60.4 Å². The van der Waals surface area contributed by atoms with Gasteiger partial charge in [-0.2, -0.15) is 0 Å². The molecule has 0 aliphatic carbocycles. The zero-order valence-corrected chi connectivity index (χ0v) is 18.4. The summed E-state index contributed by atoms with van der Waals surface area (Å²) in [6.07, 6.45) is 1.75. The Hall–Kier alpha value is -3.35. The second kappa shape index (κ2) is 10.3. The molecule has 3 aromatic carbocycles. The molecule has 6 nitrogen and oxygen atoms in total. The van der Waals surface area contributed by atoms with E-state index in [0.29, 0.717) is 22.1 Å². The molecule has 0 atom stereocenters. The Morgan fingerprint density at radius 3 is 2.41 bits per heavy atom. The van der Waals surface area contributed by atoms with Gasteiger partial charge in [0.05, 0.1) is 31.6 Å². The second-order valence-electron chi connectivity index (χ2n) is 7.18. The van der Waals surface area contributed by atoms with Crippen LogP contribution in [-0.4, -0.2) is 45.6 Å². The molecule has 0 spiro atoms. The van der Waals surface area contributed by atoms with Crippen LogP contribution in [0.15, 0.2) is 71.7 Å². The lowest BCUT2D eigenvalue weighted by atomic mass is 10.2. The first-order chi connectivity index (χ1) is 15.6. The van der Waals surface area contributed by atoms with Crippen LogP contribution in [0.4, 0.5) is 11.4 Å². The van der Waals surface area contributed by atoms with E-state index < -0.39 is 5.97 Å². The first-order valence-electron chi connectivity index (χ1n) is 10.2. The average Bonchev–Trinajstić information content (AvgIpc) is 2.84. The Labute approximate surface area is 192 Å². The van der Waals surface area contributed by atoms with Crippen LogP contribution in [0, 0.1) is 0 Å². The SMILES string of the molecule is COc1cc(C=Nc2ccc(N3CCOCC3)cc2)ccc1OC(=O)c1ccc(Cl)cc1. The third-order valence-corrected chi connectivity index (χ3v) is 5.31. The number of nitrogens with zero attached hydrogens (tertiary/aromatic N) is 2. The van der Waals surface area contributed by atoms with E-state index >= 15 is 0 Å². The van der Waals surface area contributed by atoms with Crippen LogP contribution in [-0.2, 0) is 4.74 Å². The van der Waals surface area contributed by atoms with Crippen LogP contribution in [0.3, 0.4) is 0 Å². The molecule has 4 rings (SSSR count). The zero-order chi connectivity index (χ0) is 22.3. The second-order valence-corrected chi connectivity index (χ2v) is 7.62. The van der Waals surface area contributed by atoms with Gasteiger partial charge in [0, 0.05) is 30.0 Å². The molecule has 3 aromatic rings. The molecule has 164 valence electrons. The molecule has 1 fully saturated rings. The number of hydrogen-bond donors (Lipinski definition) is 0. The van der Waals surface area contributed by atoms with Crippen molar-refractivity contribution in [2.24, 2.45) is 4.99 Å². The highest BCUT2D eigenvalue weighted by Gasteiger charge is 2.13. The fourth-order valence-electron chi connectivity index (χ4n) is 3.31. The van der Waals surface area contributed by atoms with Crippen LogP contribution < -0.4 is 14.4 Å². The highest BCUT2D eigenvalue weighted by atomic mass is 35.5. The largest absolute Gasteiger partial charge is 0.493 e. The van der Waals surface area contributed by atoms with E-state index in [4.69, 9.17) is 25.8 Å². The molecule has 1 saturated heterocycles. The van der Waals surface area contributed by atoms with Crippen molar-refractivity contribution in [2.75, 3.05) is 38.3 Å². The number of hydrogen-bond acceptors (Lipinski definition) is 6. The maximum atomic E-state index is 12.4. The van der Waals surface area contributed by atoms with Crippen molar-refractivity contribution in [3.8, 4) is 11.5 Å². The third kappa shape index (κ3) is 5.46. The molecule has 1 heterocycles. The van der Waals surface area contributed by atoms with Crippen LogP contribution in [0.1, 0.15) is 15.9 Å². The van der Waals surface area contributed by atoms with Crippen molar-refractivity contribution in [1.82, 2.24) is 0 Å². The van der Waals surface area contributed by atoms with Crippen molar-refractivity contribution in [2.45, 2.75) is 0 Å². The first kappa shape index (κ1) is 21.9. The van der Waals surface area contributed by atoms with E-state index in [1.165, 1.54) is 12.8 Å². The number of halogens is 1. The number of morpholine rings is 1. The molecule has 0 radical (unpaired) electrons. The van der Waals surface area contributed by atoms with Crippen molar-refractivity contribution < 1.29 is 19.0 Å². The highest BCUT2D eigenvalue weighted by Crippen LogP contribution is 2.29. The number of aliphatic imine (C=N–C) groups is 1. The number of carbonyl (C=O) groups is 1. The number of ether oxygens (including phenoxy) is 3. The van der Waals surface area contributed by atoms with Crippen LogP contribution >= 0.6 is 11.6 Å². The van der Waals surface area contributed by atoms with Gasteiger partial charge in [-0.05, 0) is 72.3 Å². The maximum Gasteiger partial charge on any atom is 0.343 e. The predicted octanol–water partition coefficient (Wildman–Crippen LogP) is 5.16. The molecule has 0 saturated carbocycles. The van der Waals surface area contributed by atoms with Gasteiger partial charge in [-0.15, -0.1) is 0 Å². The van der Waals surface area contributed by atoms with E-state index in [9.17, 15) is 4.79 Å². The molecular formula is C25H23ClN2O4. The number of anilines is 1. The van der Waals surface area contributed by atoms with Gasteiger partial charge >= 0.3 is 5.97 Å². The molecule has 0 N–H and O–H groups in total. The monoisotopic (exact) mass is 450 g/mol. The number of benzene rings is 3. The summed E-state index contributed by atoms with van der Waals surface area (Å²) in [5.74, 6) is 0.292. The summed E-state index contributed by atoms with van der Waals surface area (Å²) in [6, 6.07) is 19.9. The molecule has 0 amide bonds. The normalized spacial score (nSPS) is 13.9. The third-order valence-electron chi connectivity index (χ3n) is 5.06. The summed E-state index contributed by atoms with van der Waals surface area (Å²) >= 11 is 5.87. The Morgan fingerprint density at radius 1 is 1.00 bits per heavy atom. The van der Waals surface area contributed by atoms with Gasteiger partial charge in [-0.3, -0.25) is 4.99 Å². The molecular weight excluding hydrogens is 428 g/mol. The van der Waals surface area contributed by atoms with Gasteiger partial charge in [-0.1, -0.05) is 11.6 Å². The van der Waals surface area contributed by atoms with Gasteiger partial charge in [0.15, 0.2) is 11.5 Å². The van der Waals surface area contributed by atoms with Crippen molar-refractivity contribution in [1.29, 1.82) is 0 Å². The summed E-state index contributed by atoms with van der Waals surface area (Å²) < 4.78 is 16.3. The fourth-order valence-corrected chi connectivity index (χ4v) is 3.44. The Morgan fingerprint density at radius 2 is 1.72 bits per heavy atom. The lowest BCUT2D eigenvalue weighted by Crippen LogP contribution is -2.36. The molecule has 0 bridgehead atoms. The summed E-state index contributed by atoms with van der Waals surface area (Å²) in [6.45, 7) is 3.31. The van der Waals surface area contributed by atoms with Gasteiger partial charge in [0.25, 0.3) is 0 Å². The quantitative estimate of drug-likeness (QED) is 0.295. The summed E-state index contributed by atoms with van der Waals surface area (Å²) in [5.41, 5.74) is 3.24. The highest BCUT2D eigenvalue weighted by molar-refractivity contribution is 6.30. The minimum atomic E-state index is -0.484. The lowest BCUT2D eigenvalue weighted by molar-refractivity contribution is 0.0729. The fraction of sp³-hybridized carbons (Fsp3) is 0.200. The van der Waals surface area contributed by atoms with E-state index in [1.807, 2.05) is 18.2 Å². The number of rotatable bonds is 6. The minimum absolute atomic E-state index is 0.333. The number of methoxy groups -OCH3 is 1. The standard InChI is InChI=1S/C25H23ClN2O4/c1-30-24-16-18(2-11-23(24)32-25(29)19-3-5-20(26)6-4-19)17-27-21-7-9-22(10-8-21)28-12-14-31-15-13-28/h2-11,16-17H,12-15H2,1H3. The maximum absolute atomic E-state index is 12.4. The zero-order valence-electron chi connectivity index (χ0n) is 17.7. The molecule has 1 aliphatic rings. The Kier molecular flexibility index (Phi) is 7.04. The van der Waals surface area contributed by atoms with Crippen molar-refractivity contribution in [3.63, 3.8) is 0 Å². The molecule has 1 aliphatic heterocycles. The molecule has 32 heavy (non-hydrogen) atoms. The number of esters is 1.